The molecule has 0 aliphatic rings. The number of hydrogen-bond donors (Lipinski definition) is 0. The number of halogens is 1. The van der Waals surface area contributed by atoms with Crippen molar-refractivity contribution in [1.29, 1.82) is 0 Å². The lowest BCUT2D eigenvalue weighted by Gasteiger charge is -2.17. The number of rotatable bonds is 6. The quantitative estimate of drug-likeness (QED) is 0.452. The van der Waals surface area contributed by atoms with Crippen LogP contribution in [0, 0.1) is 22.0 Å². The first-order chi connectivity index (χ1) is 10.0. The molecule has 0 N–H and O–H groups in total. The number of alkyl halides is 1. The largest absolute Gasteiger partial charge is 0.269 e. The van der Waals surface area contributed by atoms with Crippen molar-refractivity contribution in [3.05, 3.63) is 40.7 Å². The van der Waals surface area contributed by atoms with Crippen LogP contribution in [-0.4, -0.2) is 25.0 Å². The molecule has 0 saturated carbocycles. The topological polar surface area (TPSA) is 73.8 Å². The van der Waals surface area contributed by atoms with Crippen molar-refractivity contribution in [3.63, 3.8) is 0 Å². The summed E-state index contributed by atoms with van der Waals surface area (Å²) in [4.78, 5) is 14.5. The number of benzene rings is 1. The molecule has 1 aromatic heterocycles. The van der Waals surface area contributed by atoms with Gasteiger partial charge in [0.25, 0.3) is 5.69 Å². The van der Waals surface area contributed by atoms with Gasteiger partial charge in [-0.15, -0.1) is 0 Å². The van der Waals surface area contributed by atoms with E-state index in [4.69, 9.17) is 0 Å². The minimum absolute atomic E-state index is 0.0670. The Labute approximate surface area is 131 Å². The fourth-order valence-corrected chi connectivity index (χ4v) is 2.88. The summed E-state index contributed by atoms with van der Waals surface area (Å²) in [5.74, 6) is 1.62. The van der Waals surface area contributed by atoms with E-state index in [1.165, 1.54) is 12.1 Å². The zero-order valence-electron chi connectivity index (χ0n) is 11.9. The van der Waals surface area contributed by atoms with Gasteiger partial charge in [0.15, 0.2) is 5.82 Å². The Morgan fingerprint density at radius 2 is 2.00 bits per heavy atom. The summed E-state index contributed by atoms with van der Waals surface area (Å²) in [7, 11) is 0. The van der Waals surface area contributed by atoms with E-state index in [9.17, 15) is 10.1 Å². The van der Waals surface area contributed by atoms with Gasteiger partial charge in [-0.25, -0.2) is 4.98 Å². The highest BCUT2D eigenvalue weighted by molar-refractivity contribution is 9.09. The third kappa shape index (κ3) is 3.87. The molecule has 1 unspecified atom stereocenters. The van der Waals surface area contributed by atoms with Crippen LogP contribution in [-0.2, 0) is 6.54 Å². The first-order valence-corrected chi connectivity index (χ1v) is 7.83. The normalized spacial score (nSPS) is 12.6. The maximum absolute atomic E-state index is 10.6. The molecule has 0 aliphatic heterocycles. The average molecular weight is 353 g/mol. The Kier molecular flexibility index (Phi) is 5.06. The highest BCUT2D eigenvalue weighted by atomic mass is 79.9. The van der Waals surface area contributed by atoms with Gasteiger partial charge in [0, 0.05) is 29.6 Å². The van der Waals surface area contributed by atoms with Crippen LogP contribution in [0.2, 0.25) is 0 Å². The minimum atomic E-state index is -0.418. The van der Waals surface area contributed by atoms with E-state index in [-0.39, 0.29) is 5.69 Å². The Morgan fingerprint density at radius 1 is 1.33 bits per heavy atom. The van der Waals surface area contributed by atoms with Crippen molar-refractivity contribution in [2.45, 2.75) is 20.4 Å². The van der Waals surface area contributed by atoms with Gasteiger partial charge < -0.3 is 0 Å². The second kappa shape index (κ2) is 6.80. The van der Waals surface area contributed by atoms with Gasteiger partial charge in [-0.05, 0) is 24.0 Å². The van der Waals surface area contributed by atoms with Crippen molar-refractivity contribution in [1.82, 2.24) is 14.8 Å². The van der Waals surface area contributed by atoms with Gasteiger partial charge in [-0.1, -0.05) is 29.8 Å². The molecule has 1 heterocycles. The molecule has 0 saturated heterocycles. The van der Waals surface area contributed by atoms with E-state index in [2.05, 4.69) is 39.9 Å². The lowest BCUT2D eigenvalue weighted by atomic mass is 9.98. The van der Waals surface area contributed by atoms with Gasteiger partial charge in [0.2, 0.25) is 0 Å². The van der Waals surface area contributed by atoms with Crippen LogP contribution in [0.4, 0.5) is 5.69 Å². The Morgan fingerprint density at radius 3 is 2.52 bits per heavy atom. The molecule has 21 heavy (non-hydrogen) atoms. The zero-order chi connectivity index (χ0) is 15.4. The van der Waals surface area contributed by atoms with Crippen LogP contribution < -0.4 is 0 Å². The number of non-ortho nitro benzene ring substituents is 1. The Bertz CT molecular complexity index is 610. The predicted molar refractivity (Wildman–Crippen MR) is 84.2 cm³/mol. The number of aromatic nitrogens is 3. The van der Waals surface area contributed by atoms with E-state index < -0.39 is 4.92 Å². The van der Waals surface area contributed by atoms with E-state index in [1.54, 1.807) is 18.5 Å². The Hall–Kier alpha value is -1.76. The smallest absolute Gasteiger partial charge is 0.258 e. The van der Waals surface area contributed by atoms with Crippen molar-refractivity contribution in [2.75, 3.05) is 5.33 Å². The lowest BCUT2D eigenvalue weighted by molar-refractivity contribution is -0.384. The van der Waals surface area contributed by atoms with Gasteiger partial charge >= 0.3 is 0 Å². The van der Waals surface area contributed by atoms with Crippen molar-refractivity contribution in [3.8, 4) is 11.4 Å². The third-order valence-corrected chi connectivity index (χ3v) is 4.27. The van der Waals surface area contributed by atoms with Gasteiger partial charge in [0.05, 0.1) is 4.92 Å². The van der Waals surface area contributed by atoms with Gasteiger partial charge in [-0.3, -0.25) is 14.8 Å². The molecule has 2 rings (SSSR count). The molecule has 2 aromatic rings. The highest BCUT2D eigenvalue weighted by Crippen LogP contribution is 2.20. The monoisotopic (exact) mass is 352 g/mol. The number of nitro groups is 1. The molecule has 0 aliphatic carbocycles. The summed E-state index contributed by atoms with van der Waals surface area (Å²) in [6, 6.07) is 6.27. The maximum Gasteiger partial charge on any atom is 0.269 e. The van der Waals surface area contributed by atoms with Crippen LogP contribution >= 0.6 is 15.9 Å². The van der Waals surface area contributed by atoms with Crippen LogP contribution in [0.1, 0.15) is 13.8 Å². The molecular weight excluding hydrogens is 336 g/mol. The number of nitrogens with zero attached hydrogens (tertiary/aromatic N) is 4. The van der Waals surface area contributed by atoms with Crippen molar-refractivity contribution in [2.24, 2.45) is 11.8 Å². The molecule has 6 nitrogen and oxygen atoms in total. The molecule has 7 heteroatoms. The van der Waals surface area contributed by atoms with Crippen LogP contribution in [0.3, 0.4) is 0 Å². The SMILES string of the molecule is CC(C)C(CBr)Cn1cnc(-c2ccc([N+](=O)[O-])cc2)n1. The molecular formula is C14H17BrN4O2. The van der Waals surface area contributed by atoms with Crippen LogP contribution in [0.15, 0.2) is 30.6 Å². The fourth-order valence-electron chi connectivity index (χ4n) is 1.93. The van der Waals surface area contributed by atoms with Gasteiger partial charge in [0.1, 0.15) is 6.33 Å². The van der Waals surface area contributed by atoms with Crippen LogP contribution in [0.25, 0.3) is 11.4 Å². The second-order valence-corrected chi connectivity index (χ2v) is 5.90. The van der Waals surface area contributed by atoms with Gasteiger partial charge in [-0.2, -0.15) is 5.10 Å². The molecule has 0 amide bonds. The summed E-state index contributed by atoms with van der Waals surface area (Å²) in [5, 5.41) is 16.0. The molecule has 0 bridgehead atoms. The molecule has 0 radical (unpaired) electrons. The predicted octanol–water partition coefficient (Wildman–Crippen LogP) is 3.52. The zero-order valence-corrected chi connectivity index (χ0v) is 13.5. The highest BCUT2D eigenvalue weighted by Gasteiger charge is 2.14. The maximum atomic E-state index is 10.6. The van der Waals surface area contributed by atoms with Crippen molar-refractivity contribution < 1.29 is 4.92 Å². The summed E-state index contributed by atoms with van der Waals surface area (Å²) in [5.41, 5.74) is 0.844. The molecule has 1 aromatic carbocycles. The number of nitro benzene ring substituents is 1. The molecule has 0 spiro atoms. The average Bonchev–Trinajstić information content (AvgIpc) is 2.93. The third-order valence-electron chi connectivity index (χ3n) is 3.44. The Balaban J connectivity index is 2.14. The summed E-state index contributed by atoms with van der Waals surface area (Å²) in [6.45, 7) is 5.16. The fraction of sp³-hybridized carbons (Fsp3) is 0.429. The molecule has 1 atom stereocenters. The summed E-state index contributed by atoms with van der Waals surface area (Å²) in [6.07, 6.45) is 1.70. The van der Waals surface area contributed by atoms with E-state index in [0.717, 1.165) is 17.4 Å². The molecule has 0 fully saturated rings. The van der Waals surface area contributed by atoms with Crippen LogP contribution in [0.5, 0.6) is 0 Å². The van der Waals surface area contributed by atoms with E-state index in [1.807, 2.05) is 4.68 Å². The number of hydrogen-bond acceptors (Lipinski definition) is 4. The van der Waals surface area contributed by atoms with E-state index >= 15 is 0 Å². The first-order valence-electron chi connectivity index (χ1n) is 6.71. The molecule has 112 valence electrons. The summed E-state index contributed by atoms with van der Waals surface area (Å²) < 4.78 is 1.82. The second-order valence-electron chi connectivity index (χ2n) is 5.25. The lowest BCUT2D eigenvalue weighted by Crippen LogP contribution is -2.18. The summed E-state index contributed by atoms with van der Waals surface area (Å²) >= 11 is 3.52. The van der Waals surface area contributed by atoms with Crippen molar-refractivity contribution >= 4 is 21.6 Å². The van der Waals surface area contributed by atoms with E-state index in [0.29, 0.717) is 17.7 Å². The minimum Gasteiger partial charge on any atom is -0.258 e. The first kappa shape index (κ1) is 15.6. The standard InChI is InChI=1S/C14H17BrN4O2/c1-10(2)12(7-15)8-18-9-16-14(17-18)11-3-5-13(6-4-11)19(20)21/h3-6,9-10,12H,7-8H2,1-2H3.